The van der Waals surface area contributed by atoms with Gasteiger partial charge in [0.25, 0.3) is 0 Å². The number of ether oxygens (including phenoxy) is 1. The largest absolute Gasteiger partial charge is 0.420 e. The Morgan fingerprint density at radius 1 is 1.00 bits per heavy atom. The van der Waals surface area contributed by atoms with E-state index < -0.39 is 5.97 Å². The van der Waals surface area contributed by atoms with Crippen molar-refractivity contribution >= 4 is 52.4 Å². The third-order valence-corrected chi connectivity index (χ3v) is 3.58. The lowest BCUT2D eigenvalue weighted by Crippen LogP contribution is -2.10. The molecule has 106 valence electrons. The molecule has 0 aliphatic carbocycles. The second-order valence-corrected chi connectivity index (χ2v) is 5.55. The molecule has 3 nitrogen and oxygen atoms in total. The minimum atomic E-state index is -0.731. The number of rotatable bonds is 2. The van der Waals surface area contributed by atoms with Crippen molar-refractivity contribution in [3.63, 3.8) is 0 Å². The summed E-state index contributed by atoms with van der Waals surface area (Å²) in [5.41, 5.74) is 0.381. The lowest BCUT2D eigenvalue weighted by Gasteiger charge is -2.09. The molecule has 2 aromatic carbocycles. The molecule has 0 unspecified atom stereocenters. The third kappa shape index (κ3) is 3.61. The zero-order chi connectivity index (χ0) is 15.6. The lowest BCUT2D eigenvalue weighted by atomic mass is 10.2. The highest BCUT2D eigenvalue weighted by molar-refractivity contribution is 6.38. The number of hydrogen-bond donors (Lipinski definition) is 0. The summed E-state index contributed by atoms with van der Waals surface area (Å²) in [6.07, 6.45) is 0. The van der Waals surface area contributed by atoms with Gasteiger partial charge < -0.3 is 4.74 Å². The predicted octanol–water partition coefficient (Wildman–Crippen LogP) is 5.39. The van der Waals surface area contributed by atoms with Crippen molar-refractivity contribution < 1.29 is 9.53 Å². The van der Waals surface area contributed by atoms with Crippen LogP contribution in [0.15, 0.2) is 30.3 Å². The van der Waals surface area contributed by atoms with Gasteiger partial charge in [-0.1, -0.05) is 46.4 Å². The van der Waals surface area contributed by atoms with Crippen LogP contribution in [0.5, 0.6) is 5.75 Å². The Hall–Kier alpha value is -1.44. The highest BCUT2D eigenvalue weighted by atomic mass is 35.5. The Labute approximate surface area is 140 Å². The fourth-order valence-corrected chi connectivity index (χ4v) is 2.57. The number of carbonyl (C=O) groups is 1. The molecular weight excluding hydrogens is 356 g/mol. The molecular formula is C14H5Cl4NO2. The first-order valence-corrected chi connectivity index (χ1v) is 7.00. The zero-order valence-corrected chi connectivity index (χ0v) is 13.2. The standard InChI is InChI=1S/C14H5Cl4NO2/c15-8-1-2-9(10(16)5-8)14(20)21-13-11(17)3-7(6-19)4-12(13)18/h1-5H. The number of benzene rings is 2. The van der Waals surface area contributed by atoms with Crippen molar-refractivity contribution in [3.8, 4) is 11.8 Å². The quantitative estimate of drug-likeness (QED) is 0.532. The minimum Gasteiger partial charge on any atom is -0.420 e. The van der Waals surface area contributed by atoms with Gasteiger partial charge in [-0.05, 0) is 30.3 Å². The molecule has 0 amide bonds. The van der Waals surface area contributed by atoms with Crippen molar-refractivity contribution in [2.45, 2.75) is 0 Å². The van der Waals surface area contributed by atoms with E-state index in [4.69, 9.17) is 56.4 Å². The van der Waals surface area contributed by atoms with Gasteiger partial charge in [0, 0.05) is 5.02 Å². The normalized spacial score (nSPS) is 10.0. The molecule has 0 aliphatic rings. The van der Waals surface area contributed by atoms with Crippen LogP contribution in [0.1, 0.15) is 15.9 Å². The SMILES string of the molecule is N#Cc1cc(Cl)c(OC(=O)c2ccc(Cl)cc2Cl)c(Cl)c1. The number of hydrogen-bond acceptors (Lipinski definition) is 3. The minimum absolute atomic E-state index is 0.0339. The van der Waals surface area contributed by atoms with Gasteiger partial charge in [-0.3, -0.25) is 0 Å². The fourth-order valence-electron chi connectivity index (χ4n) is 1.52. The van der Waals surface area contributed by atoms with E-state index in [0.717, 1.165) is 0 Å². The lowest BCUT2D eigenvalue weighted by molar-refractivity contribution is 0.0735. The average molecular weight is 361 g/mol. The van der Waals surface area contributed by atoms with Crippen LogP contribution in [0.3, 0.4) is 0 Å². The van der Waals surface area contributed by atoms with Gasteiger partial charge in [-0.15, -0.1) is 0 Å². The van der Waals surface area contributed by atoms with Crippen LogP contribution in [-0.4, -0.2) is 5.97 Å². The number of esters is 1. The van der Waals surface area contributed by atoms with E-state index in [1.807, 2.05) is 6.07 Å². The topological polar surface area (TPSA) is 50.1 Å². The summed E-state index contributed by atoms with van der Waals surface area (Å²) in [4.78, 5) is 12.1. The summed E-state index contributed by atoms with van der Waals surface area (Å²) in [6.45, 7) is 0. The Bertz CT molecular complexity index is 745. The first-order chi connectivity index (χ1) is 9.92. The van der Waals surface area contributed by atoms with Crippen molar-refractivity contribution in [1.82, 2.24) is 0 Å². The predicted molar refractivity (Wildman–Crippen MR) is 82.6 cm³/mol. The average Bonchev–Trinajstić information content (AvgIpc) is 2.42. The summed E-state index contributed by atoms with van der Waals surface area (Å²) < 4.78 is 5.14. The van der Waals surface area contributed by atoms with Crippen molar-refractivity contribution in [2.24, 2.45) is 0 Å². The van der Waals surface area contributed by atoms with Crippen LogP contribution >= 0.6 is 46.4 Å². The number of carbonyl (C=O) groups excluding carboxylic acids is 1. The summed E-state index contributed by atoms with van der Waals surface area (Å²) in [5.74, 6) is -0.765. The number of nitriles is 1. The Balaban J connectivity index is 2.34. The molecule has 0 fully saturated rings. The molecule has 0 spiro atoms. The van der Waals surface area contributed by atoms with Gasteiger partial charge >= 0.3 is 5.97 Å². The summed E-state index contributed by atoms with van der Waals surface area (Å²) in [7, 11) is 0. The molecule has 0 heterocycles. The smallest absolute Gasteiger partial charge is 0.345 e. The molecule has 0 atom stereocenters. The van der Waals surface area contributed by atoms with Crippen LogP contribution in [-0.2, 0) is 0 Å². The number of halogens is 4. The summed E-state index contributed by atoms with van der Waals surface area (Å²) in [5, 5.41) is 9.44. The van der Waals surface area contributed by atoms with Crippen molar-refractivity contribution in [1.29, 1.82) is 5.26 Å². The summed E-state index contributed by atoms with van der Waals surface area (Å²) in [6, 6.07) is 8.94. The molecule has 2 rings (SSSR count). The summed E-state index contributed by atoms with van der Waals surface area (Å²) >= 11 is 23.6. The van der Waals surface area contributed by atoms with Crippen LogP contribution in [0.4, 0.5) is 0 Å². The van der Waals surface area contributed by atoms with E-state index in [1.165, 1.54) is 30.3 Å². The Morgan fingerprint density at radius 3 is 2.14 bits per heavy atom. The van der Waals surface area contributed by atoms with Gasteiger partial charge in [0.2, 0.25) is 0 Å². The zero-order valence-electron chi connectivity index (χ0n) is 10.2. The monoisotopic (exact) mass is 359 g/mol. The van der Waals surface area contributed by atoms with Crippen LogP contribution < -0.4 is 4.74 Å². The Morgan fingerprint density at radius 2 is 1.62 bits per heavy atom. The number of nitrogens with zero attached hydrogens (tertiary/aromatic N) is 1. The van der Waals surface area contributed by atoms with Gasteiger partial charge in [-0.25, -0.2) is 4.79 Å². The first kappa shape index (κ1) is 15.9. The second kappa shape index (κ2) is 6.55. The molecule has 0 radical (unpaired) electrons. The van der Waals surface area contributed by atoms with Crippen LogP contribution in [0.25, 0.3) is 0 Å². The van der Waals surface area contributed by atoms with Gasteiger partial charge in [-0.2, -0.15) is 5.26 Å². The molecule has 21 heavy (non-hydrogen) atoms. The molecule has 7 heteroatoms. The van der Waals surface area contributed by atoms with Gasteiger partial charge in [0.15, 0.2) is 5.75 Å². The van der Waals surface area contributed by atoms with E-state index in [0.29, 0.717) is 5.02 Å². The highest BCUT2D eigenvalue weighted by Gasteiger charge is 2.18. The fraction of sp³-hybridized carbons (Fsp3) is 0. The highest BCUT2D eigenvalue weighted by Crippen LogP contribution is 2.35. The van der Waals surface area contributed by atoms with Crippen LogP contribution in [0.2, 0.25) is 20.1 Å². The van der Waals surface area contributed by atoms with E-state index in [2.05, 4.69) is 0 Å². The maximum Gasteiger partial charge on any atom is 0.345 e. The van der Waals surface area contributed by atoms with Crippen molar-refractivity contribution in [3.05, 3.63) is 61.5 Å². The second-order valence-electron chi connectivity index (χ2n) is 3.89. The van der Waals surface area contributed by atoms with Gasteiger partial charge in [0.1, 0.15) is 0 Å². The van der Waals surface area contributed by atoms with E-state index in [1.54, 1.807) is 0 Å². The molecule has 2 aromatic rings. The Kier molecular flexibility index (Phi) is 4.97. The molecule has 0 aromatic heterocycles. The van der Waals surface area contributed by atoms with E-state index in [-0.39, 0.29) is 31.9 Å². The molecule has 0 saturated heterocycles. The maximum absolute atomic E-state index is 12.1. The van der Waals surface area contributed by atoms with E-state index in [9.17, 15) is 4.79 Å². The van der Waals surface area contributed by atoms with E-state index >= 15 is 0 Å². The molecule has 0 saturated carbocycles. The van der Waals surface area contributed by atoms with Crippen LogP contribution in [0, 0.1) is 11.3 Å². The van der Waals surface area contributed by atoms with Crippen molar-refractivity contribution in [2.75, 3.05) is 0 Å². The first-order valence-electron chi connectivity index (χ1n) is 5.48. The molecule has 0 aliphatic heterocycles. The maximum atomic E-state index is 12.1. The molecule has 0 N–H and O–H groups in total. The third-order valence-electron chi connectivity index (χ3n) is 2.47. The van der Waals surface area contributed by atoms with Gasteiger partial charge in [0.05, 0.1) is 32.3 Å². The molecule has 0 bridgehead atoms.